The van der Waals surface area contributed by atoms with Crippen molar-refractivity contribution in [1.29, 1.82) is 0 Å². The number of nitrogens with zero attached hydrogens (tertiary/aromatic N) is 1. The minimum Gasteiger partial charge on any atom is -0.366 e. The van der Waals surface area contributed by atoms with E-state index in [-0.39, 0.29) is 11.1 Å². The van der Waals surface area contributed by atoms with Gasteiger partial charge in [-0.15, -0.1) is 11.3 Å². The Morgan fingerprint density at radius 3 is 2.78 bits per heavy atom. The molecule has 0 aromatic carbocycles. The van der Waals surface area contributed by atoms with Gasteiger partial charge < -0.3 is 11.1 Å². The molecule has 0 fully saturated rings. The first kappa shape index (κ1) is 12.2. The van der Waals surface area contributed by atoms with Gasteiger partial charge in [0.2, 0.25) is 0 Å². The third kappa shape index (κ3) is 2.35. The lowest BCUT2D eigenvalue weighted by Crippen LogP contribution is -2.17. The Bertz CT molecular complexity index is 612. The molecule has 2 aromatic heterocycles. The molecule has 0 aliphatic carbocycles. The van der Waals surface area contributed by atoms with Crippen molar-refractivity contribution >= 4 is 28.2 Å². The lowest BCUT2D eigenvalue weighted by molar-refractivity contribution is 0.100. The first-order valence-corrected chi connectivity index (χ1v) is 5.75. The third-order valence-electron chi connectivity index (χ3n) is 2.17. The Balaban J connectivity index is 2.25. The molecule has 3 N–H and O–H groups in total. The lowest BCUT2D eigenvalue weighted by Gasteiger charge is -2.04. The first-order chi connectivity index (χ1) is 8.59. The molecule has 92 valence electrons. The maximum atomic E-state index is 13.3. The molecule has 0 bridgehead atoms. The highest BCUT2D eigenvalue weighted by Crippen LogP contribution is 2.23. The summed E-state index contributed by atoms with van der Waals surface area (Å²) < 4.78 is 13.3. The van der Waals surface area contributed by atoms with Gasteiger partial charge in [-0.3, -0.25) is 14.6 Å². The highest BCUT2D eigenvalue weighted by molar-refractivity contribution is 7.14. The van der Waals surface area contributed by atoms with Crippen LogP contribution in [0.15, 0.2) is 29.9 Å². The third-order valence-corrected chi connectivity index (χ3v) is 3.00. The van der Waals surface area contributed by atoms with Gasteiger partial charge in [-0.2, -0.15) is 0 Å². The summed E-state index contributed by atoms with van der Waals surface area (Å²) >= 11 is 1.14. The van der Waals surface area contributed by atoms with E-state index in [2.05, 4.69) is 10.3 Å². The molecule has 0 saturated heterocycles. The number of thiophene rings is 1. The molecule has 2 amide bonds. The number of halogens is 1. The molecule has 0 unspecified atom stereocenters. The van der Waals surface area contributed by atoms with E-state index in [1.54, 1.807) is 5.38 Å². The second-order valence-electron chi connectivity index (χ2n) is 3.34. The van der Waals surface area contributed by atoms with Gasteiger partial charge in [0.25, 0.3) is 11.8 Å². The van der Waals surface area contributed by atoms with Gasteiger partial charge in [0, 0.05) is 6.20 Å². The number of hydrogen-bond donors (Lipinski definition) is 2. The van der Waals surface area contributed by atoms with E-state index >= 15 is 0 Å². The number of carbonyl (C=O) groups is 2. The zero-order valence-electron chi connectivity index (χ0n) is 9.01. The lowest BCUT2D eigenvalue weighted by atomic mass is 10.2. The van der Waals surface area contributed by atoms with E-state index in [4.69, 9.17) is 5.73 Å². The van der Waals surface area contributed by atoms with Crippen molar-refractivity contribution in [2.75, 3.05) is 5.32 Å². The topological polar surface area (TPSA) is 85.1 Å². The van der Waals surface area contributed by atoms with Crippen molar-refractivity contribution in [3.8, 4) is 0 Å². The van der Waals surface area contributed by atoms with Crippen molar-refractivity contribution in [3.05, 3.63) is 46.9 Å². The number of anilines is 1. The van der Waals surface area contributed by atoms with Gasteiger partial charge in [-0.25, -0.2) is 4.39 Å². The average Bonchev–Trinajstić information content (AvgIpc) is 2.77. The molecular weight excluding hydrogens is 257 g/mol. The number of pyridine rings is 1. The highest BCUT2D eigenvalue weighted by atomic mass is 32.1. The molecular formula is C11H8FN3O2S. The van der Waals surface area contributed by atoms with E-state index in [1.807, 2.05) is 0 Å². The second kappa shape index (κ2) is 4.92. The first-order valence-electron chi connectivity index (χ1n) is 4.87. The van der Waals surface area contributed by atoms with Crippen molar-refractivity contribution in [2.24, 2.45) is 5.73 Å². The number of nitrogens with one attached hydrogen (secondary N) is 1. The van der Waals surface area contributed by atoms with Crippen LogP contribution in [0.4, 0.5) is 9.39 Å². The quantitative estimate of drug-likeness (QED) is 0.884. The maximum absolute atomic E-state index is 13.3. The maximum Gasteiger partial charge on any atom is 0.259 e. The summed E-state index contributed by atoms with van der Waals surface area (Å²) in [5.41, 5.74) is 5.19. The van der Waals surface area contributed by atoms with Crippen LogP contribution in [0, 0.1) is 5.82 Å². The van der Waals surface area contributed by atoms with Gasteiger partial charge in [0.1, 0.15) is 5.00 Å². The number of primary amides is 1. The van der Waals surface area contributed by atoms with Gasteiger partial charge in [-0.1, -0.05) is 0 Å². The van der Waals surface area contributed by atoms with E-state index in [0.29, 0.717) is 5.00 Å². The van der Waals surface area contributed by atoms with Crippen LogP contribution in [-0.4, -0.2) is 16.8 Å². The largest absolute Gasteiger partial charge is 0.366 e. The van der Waals surface area contributed by atoms with Crippen LogP contribution >= 0.6 is 11.3 Å². The summed E-state index contributed by atoms with van der Waals surface area (Å²) in [6.07, 6.45) is 2.25. The molecule has 2 rings (SSSR count). The molecule has 2 aromatic rings. The molecule has 7 heteroatoms. The monoisotopic (exact) mass is 265 g/mol. The van der Waals surface area contributed by atoms with Crippen LogP contribution in [0.1, 0.15) is 20.7 Å². The molecule has 0 atom stereocenters. The molecule has 18 heavy (non-hydrogen) atoms. The van der Waals surface area contributed by atoms with Gasteiger partial charge in [-0.05, 0) is 17.5 Å². The van der Waals surface area contributed by atoms with E-state index in [1.165, 1.54) is 18.3 Å². The molecule has 5 nitrogen and oxygen atoms in total. The predicted octanol–water partition coefficient (Wildman–Crippen LogP) is 1.63. The predicted molar refractivity (Wildman–Crippen MR) is 65.0 cm³/mol. The van der Waals surface area contributed by atoms with Crippen LogP contribution in [0.2, 0.25) is 0 Å². The second-order valence-corrected chi connectivity index (χ2v) is 4.25. The Kier molecular flexibility index (Phi) is 3.33. The smallest absolute Gasteiger partial charge is 0.259 e. The van der Waals surface area contributed by atoms with Crippen molar-refractivity contribution in [3.63, 3.8) is 0 Å². The number of aromatic nitrogens is 1. The highest BCUT2D eigenvalue weighted by Gasteiger charge is 2.16. The number of rotatable bonds is 3. The average molecular weight is 265 g/mol. The summed E-state index contributed by atoms with van der Waals surface area (Å²) in [6.45, 7) is 0. The Morgan fingerprint density at radius 2 is 2.11 bits per heavy atom. The van der Waals surface area contributed by atoms with Gasteiger partial charge >= 0.3 is 0 Å². The zero-order chi connectivity index (χ0) is 13.1. The number of amides is 2. The molecule has 0 aliphatic heterocycles. The standard InChI is InChI=1S/C11H8FN3O2S/c12-8-5-14-3-1-6(8)10(17)15-11-7(9(13)16)2-4-18-11/h1-5H,(H2,13,16)(H,15,17). The fraction of sp³-hybridized carbons (Fsp3) is 0. The molecule has 2 heterocycles. The molecule has 0 spiro atoms. The fourth-order valence-electron chi connectivity index (χ4n) is 1.33. The van der Waals surface area contributed by atoms with Crippen molar-refractivity contribution < 1.29 is 14.0 Å². The number of carbonyl (C=O) groups excluding carboxylic acids is 2. The van der Waals surface area contributed by atoms with Crippen molar-refractivity contribution in [2.45, 2.75) is 0 Å². The van der Waals surface area contributed by atoms with Gasteiger partial charge in [0.15, 0.2) is 5.82 Å². The van der Waals surface area contributed by atoms with Crippen LogP contribution in [0.3, 0.4) is 0 Å². The van der Waals surface area contributed by atoms with Crippen LogP contribution in [0.25, 0.3) is 0 Å². The summed E-state index contributed by atoms with van der Waals surface area (Å²) in [7, 11) is 0. The Labute approximate surface area is 105 Å². The molecule has 0 radical (unpaired) electrons. The minimum absolute atomic E-state index is 0.145. The SMILES string of the molecule is NC(=O)c1ccsc1NC(=O)c1ccncc1F. The summed E-state index contributed by atoms with van der Waals surface area (Å²) in [6, 6.07) is 2.74. The normalized spacial score (nSPS) is 10.1. The van der Waals surface area contributed by atoms with Crippen molar-refractivity contribution in [1.82, 2.24) is 4.98 Å². The van der Waals surface area contributed by atoms with Gasteiger partial charge in [0.05, 0.1) is 17.3 Å². The summed E-state index contributed by atoms with van der Waals surface area (Å²) in [5, 5.41) is 4.34. The van der Waals surface area contributed by atoms with Crippen LogP contribution in [-0.2, 0) is 0 Å². The Morgan fingerprint density at radius 1 is 1.33 bits per heavy atom. The zero-order valence-corrected chi connectivity index (χ0v) is 9.83. The van der Waals surface area contributed by atoms with Crippen LogP contribution < -0.4 is 11.1 Å². The van der Waals surface area contributed by atoms with Crippen LogP contribution in [0.5, 0.6) is 0 Å². The Hall–Kier alpha value is -2.28. The molecule has 0 aliphatic rings. The molecule has 0 saturated carbocycles. The van der Waals surface area contributed by atoms with E-state index in [0.717, 1.165) is 17.5 Å². The minimum atomic E-state index is -0.729. The number of hydrogen-bond acceptors (Lipinski definition) is 4. The number of nitrogens with two attached hydrogens (primary N) is 1. The summed E-state index contributed by atoms with van der Waals surface area (Å²) in [5.74, 6) is -2.03. The van der Waals surface area contributed by atoms with E-state index in [9.17, 15) is 14.0 Å². The summed E-state index contributed by atoms with van der Waals surface area (Å²) in [4.78, 5) is 26.4. The van der Waals surface area contributed by atoms with E-state index < -0.39 is 17.6 Å². The fourth-order valence-corrected chi connectivity index (χ4v) is 2.12.